The molecule has 1 amide bonds. The van der Waals surface area contributed by atoms with E-state index in [-0.39, 0.29) is 11.9 Å². The summed E-state index contributed by atoms with van der Waals surface area (Å²) < 4.78 is 5.26. The van der Waals surface area contributed by atoms with Gasteiger partial charge in [0.15, 0.2) is 0 Å². The van der Waals surface area contributed by atoms with E-state index in [1.165, 1.54) is 0 Å². The zero-order chi connectivity index (χ0) is 14.3. The Bertz CT molecular complexity index is 390. The Balaban J connectivity index is 2.47. The Morgan fingerprint density at radius 1 is 1.37 bits per heavy atom. The predicted octanol–water partition coefficient (Wildman–Crippen LogP) is 2.05. The number of anilines is 1. The topological polar surface area (TPSA) is 63.2 Å². The molecule has 1 unspecified atom stereocenters. The molecular weight excluding hydrogens is 242 g/mol. The molecule has 0 saturated heterocycles. The number of carbonyl (C=O) groups is 1. The molecule has 1 aromatic heterocycles. The molecule has 5 nitrogen and oxygen atoms in total. The Hall–Kier alpha value is -1.78. The number of ether oxygens (including phenoxy) is 1. The molecule has 0 fully saturated rings. The van der Waals surface area contributed by atoms with Gasteiger partial charge in [-0.25, -0.2) is 4.98 Å². The van der Waals surface area contributed by atoms with Crippen molar-refractivity contribution in [3.05, 3.63) is 18.3 Å². The summed E-state index contributed by atoms with van der Waals surface area (Å²) >= 11 is 0. The quantitative estimate of drug-likeness (QED) is 0.792. The molecule has 0 aromatic carbocycles. The fraction of sp³-hybridized carbons (Fsp3) is 0.571. The number of rotatable bonds is 7. The normalized spacial score (nSPS) is 12.1. The average Bonchev–Trinajstić information content (AvgIpc) is 2.38. The van der Waals surface area contributed by atoms with Crippen LogP contribution in [0.15, 0.2) is 18.3 Å². The van der Waals surface area contributed by atoms with Crippen molar-refractivity contribution in [2.45, 2.75) is 33.7 Å². The Morgan fingerprint density at radius 2 is 2.11 bits per heavy atom. The third-order valence-electron chi connectivity index (χ3n) is 2.49. The fourth-order valence-electron chi connectivity index (χ4n) is 1.47. The molecule has 1 rings (SSSR count). The maximum absolute atomic E-state index is 11.8. The highest BCUT2D eigenvalue weighted by atomic mass is 16.5. The largest absolute Gasteiger partial charge is 0.478 e. The van der Waals surface area contributed by atoms with Gasteiger partial charge >= 0.3 is 0 Å². The lowest BCUT2D eigenvalue weighted by atomic mass is 10.2. The van der Waals surface area contributed by atoms with Crippen molar-refractivity contribution < 1.29 is 9.53 Å². The smallest absolute Gasteiger partial charge is 0.242 e. The van der Waals surface area contributed by atoms with E-state index in [2.05, 4.69) is 29.5 Å². The van der Waals surface area contributed by atoms with E-state index < -0.39 is 0 Å². The Labute approximate surface area is 114 Å². The van der Waals surface area contributed by atoms with Gasteiger partial charge < -0.3 is 15.4 Å². The molecule has 0 aliphatic carbocycles. The van der Waals surface area contributed by atoms with Crippen LogP contribution < -0.4 is 15.4 Å². The van der Waals surface area contributed by atoms with E-state index in [1.54, 1.807) is 12.3 Å². The first-order valence-corrected chi connectivity index (χ1v) is 6.66. The molecule has 0 bridgehead atoms. The lowest BCUT2D eigenvalue weighted by Crippen LogP contribution is -2.39. The van der Waals surface area contributed by atoms with Crippen molar-refractivity contribution in [1.29, 1.82) is 0 Å². The van der Waals surface area contributed by atoms with Gasteiger partial charge in [0.1, 0.15) is 6.04 Å². The first-order valence-electron chi connectivity index (χ1n) is 6.66. The van der Waals surface area contributed by atoms with Crippen molar-refractivity contribution in [2.75, 3.05) is 18.5 Å². The second-order valence-electron chi connectivity index (χ2n) is 4.82. The first kappa shape index (κ1) is 15.3. The highest BCUT2D eigenvalue weighted by Gasteiger charge is 2.12. The van der Waals surface area contributed by atoms with Gasteiger partial charge in [-0.15, -0.1) is 0 Å². The number of pyridine rings is 1. The second-order valence-corrected chi connectivity index (χ2v) is 4.82. The van der Waals surface area contributed by atoms with Crippen LogP contribution in [0.3, 0.4) is 0 Å². The lowest BCUT2D eigenvalue weighted by molar-refractivity contribution is -0.121. The first-order chi connectivity index (χ1) is 9.02. The second kappa shape index (κ2) is 7.61. The molecule has 5 heteroatoms. The molecule has 1 heterocycles. The number of hydrogen-bond acceptors (Lipinski definition) is 4. The van der Waals surface area contributed by atoms with E-state index in [1.807, 2.05) is 19.9 Å². The minimum atomic E-state index is -0.293. The highest BCUT2D eigenvalue weighted by Crippen LogP contribution is 2.12. The summed E-state index contributed by atoms with van der Waals surface area (Å²) in [6.45, 7) is 9.14. The molecule has 106 valence electrons. The zero-order valence-electron chi connectivity index (χ0n) is 12.1. The minimum absolute atomic E-state index is 0.0115. The zero-order valence-corrected chi connectivity index (χ0v) is 12.1. The van der Waals surface area contributed by atoms with Crippen LogP contribution >= 0.6 is 0 Å². The molecule has 0 spiro atoms. The third kappa shape index (κ3) is 5.59. The maximum atomic E-state index is 11.8. The molecule has 0 aliphatic rings. The summed E-state index contributed by atoms with van der Waals surface area (Å²) in [4.78, 5) is 15.9. The average molecular weight is 265 g/mol. The lowest BCUT2D eigenvalue weighted by Gasteiger charge is -2.16. The van der Waals surface area contributed by atoms with E-state index >= 15 is 0 Å². The Morgan fingerprint density at radius 3 is 2.63 bits per heavy atom. The van der Waals surface area contributed by atoms with Gasteiger partial charge in [0.25, 0.3) is 0 Å². The number of carbonyl (C=O) groups excluding carboxylic acids is 1. The number of hydrogen-bond donors (Lipinski definition) is 2. The molecule has 19 heavy (non-hydrogen) atoms. The van der Waals surface area contributed by atoms with Gasteiger partial charge in [0.2, 0.25) is 11.8 Å². The van der Waals surface area contributed by atoms with Crippen LogP contribution in [0.5, 0.6) is 5.88 Å². The van der Waals surface area contributed by atoms with Gasteiger partial charge in [-0.1, -0.05) is 13.8 Å². The van der Waals surface area contributed by atoms with Crippen molar-refractivity contribution in [1.82, 2.24) is 10.3 Å². The van der Waals surface area contributed by atoms with Gasteiger partial charge in [0, 0.05) is 12.6 Å². The summed E-state index contributed by atoms with van der Waals surface area (Å²) in [5.41, 5.74) is 0.802. The predicted molar refractivity (Wildman–Crippen MR) is 76.3 cm³/mol. The Kier molecular flexibility index (Phi) is 6.12. The molecule has 0 aliphatic heterocycles. The SMILES string of the molecule is CCOc1ccc(NC(C)C(=O)NCC(C)C)cn1. The van der Waals surface area contributed by atoms with Crippen LogP contribution in [0, 0.1) is 5.92 Å². The van der Waals surface area contributed by atoms with Crippen molar-refractivity contribution in [3.63, 3.8) is 0 Å². The molecule has 2 N–H and O–H groups in total. The van der Waals surface area contributed by atoms with Gasteiger partial charge in [-0.3, -0.25) is 4.79 Å². The van der Waals surface area contributed by atoms with Gasteiger partial charge in [-0.05, 0) is 25.8 Å². The number of amides is 1. The third-order valence-corrected chi connectivity index (χ3v) is 2.49. The monoisotopic (exact) mass is 265 g/mol. The van der Waals surface area contributed by atoms with Crippen LogP contribution in [0.25, 0.3) is 0 Å². The van der Waals surface area contributed by atoms with Gasteiger partial charge in [0.05, 0.1) is 18.5 Å². The molecule has 1 atom stereocenters. The maximum Gasteiger partial charge on any atom is 0.242 e. The standard InChI is InChI=1S/C14H23N3O2/c1-5-19-13-7-6-12(9-15-13)17-11(4)14(18)16-8-10(2)3/h6-7,9-11,17H,5,8H2,1-4H3,(H,16,18). The summed E-state index contributed by atoms with van der Waals surface area (Å²) in [6, 6.07) is 3.34. The van der Waals surface area contributed by atoms with Crippen LogP contribution in [0.4, 0.5) is 5.69 Å². The minimum Gasteiger partial charge on any atom is -0.478 e. The molecule has 0 radical (unpaired) electrons. The van der Waals surface area contributed by atoms with Crippen LogP contribution in [-0.4, -0.2) is 30.1 Å². The summed E-state index contributed by atoms with van der Waals surface area (Å²) in [6.07, 6.45) is 1.66. The van der Waals surface area contributed by atoms with Crippen LogP contribution in [0.1, 0.15) is 27.7 Å². The molecular formula is C14H23N3O2. The summed E-state index contributed by atoms with van der Waals surface area (Å²) in [5, 5.41) is 5.99. The molecule has 0 saturated carbocycles. The number of nitrogens with zero attached hydrogens (tertiary/aromatic N) is 1. The van der Waals surface area contributed by atoms with Crippen molar-refractivity contribution in [2.24, 2.45) is 5.92 Å². The summed E-state index contributed by atoms with van der Waals surface area (Å²) in [5.74, 6) is 1.02. The summed E-state index contributed by atoms with van der Waals surface area (Å²) in [7, 11) is 0. The van der Waals surface area contributed by atoms with E-state index in [0.29, 0.717) is 24.9 Å². The van der Waals surface area contributed by atoms with Crippen molar-refractivity contribution in [3.8, 4) is 5.88 Å². The van der Waals surface area contributed by atoms with Crippen LogP contribution in [-0.2, 0) is 4.79 Å². The van der Waals surface area contributed by atoms with E-state index in [4.69, 9.17) is 4.74 Å². The van der Waals surface area contributed by atoms with Crippen LogP contribution in [0.2, 0.25) is 0 Å². The fourth-order valence-corrected chi connectivity index (χ4v) is 1.47. The van der Waals surface area contributed by atoms with E-state index in [9.17, 15) is 4.79 Å². The van der Waals surface area contributed by atoms with Gasteiger partial charge in [-0.2, -0.15) is 0 Å². The number of aromatic nitrogens is 1. The van der Waals surface area contributed by atoms with Crippen molar-refractivity contribution >= 4 is 11.6 Å². The highest BCUT2D eigenvalue weighted by molar-refractivity contribution is 5.84. The molecule has 1 aromatic rings. The van der Waals surface area contributed by atoms with E-state index in [0.717, 1.165) is 5.69 Å². The number of nitrogens with one attached hydrogen (secondary N) is 2.